The molecule has 0 aromatic heterocycles. The SMILES string of the molecule is CO[AsH](=O)O.C[As](=O)(O)O. The van der Waals surface area contributed by atoms with E-state index in [1.54, 1.807) is 0 Å². The molecule has 0 heterocycles. The van der Waals surface area contributed by atoms with E-state index in [1.165, 1.54) is 7.11 Å². The maximum atomic E-state index is 9.40. The van der Waals surface area contributed by atoms with E-state index in [4.69, 9.17) is 12.3 Å². The van der Waals surface area contributed by atoms with Crippen LogP contribution in [-0.4, -0.2) is 48.8 Å². The Kier molecular flexibility index (Phi) is 8.27. The van der Waals surface area contributed by atoms with Gasteiger partial charge in [0.25, 0.3) is 0 Å². The molecule has 8 heteroatoms. The Morgan fingerprint density at radius 1 is 1.50 bits per heavy atom. The molecular weight excluding hydrogens is 270 g/mol. The Bertz CT molecular complexity index is 128. The Balaban J connectivity index is 0. The summed E-state index contributed by atoms with van der Waals surface area (Å²) in [4.78, 5) is 0. The third-order valence-corrected chi connectivity index (χ3v) is 0.907. The summed E-state index contributed by atoms with van der Waals surface area (Å²) >= 11 is -7.23. The Labute approximate surface area is 66.0 Å². The first-order valence-corrected chi connectivity index (χ1v) is 9.04. The van der Waals surface area contributed by atoms with Crippen molar-refractivity contribution in [1.82, 2.24) is 0 Å². The molecule has 0 aromatic rings. The van der Waals surface area contributed by atoms with Crippen LogP contribution in [0.2, 0.25) is 5.71 Å². The molecular formula is C2H10As2O6. The summed E-state index contributed by atoms with van der Waals surface area (Å²) in [6.45, 7) is 0. The fourth-order valence-electron chi connectivity index (χ4n) is 0. The van der Waals surface area contributed by atoms with E-state index in [2.05, 4.69) is 3.73 Å². The van der Waals surface area contributed by atoms with Crippen molar-refractivity contribution in [2.45, 2.75) is 5.71 Å². The summed E-state index contributed by atoms with van der Waals surface area (Å²) in [7, 11) is 1.21. The summed E-state index contributed by atoms with van der Waals surface area (Å²) < 4.78 is 45.8. The molecule has 10 heavy (non-hydrogen) atoms. The van der Waals surface area contributed by atoms with Crippen LogP contribution >= 0.6 is 0 Å². The van der Waals surface area contributed by atoms with E-state index in [-0.39, 0.29) is 0 Å². The fraction of sp³-hybridized carbons (Fsp3) is 1.00. The van der Waals surface area contributed by atoms with Gasteiger partial charge in [-0.1, -0.05) is 0 Å². The van der Waals surface area contributed by atoms with Gasteiger partial charge in [0, 0.05) is 0 Å². The monoisotopic (exact) mass is 280 g/mol. The Morgan fingerprint density at radius 3 is 1.60 bits per heavy atom. The molecule has 0 fully saturated rings. The van der Waals surface area contributed by atoms with Gasteiger partial charge in [0.1, 0.15) is 0 Å². The van der Waals surface area contributed by atoms with E-state index < -0.39 is 29.4 Å². The predicted molar refractivity (Wildman–Crippen MR) is 33.8 cm³/mol. The molecule has 0 bridgehead atoms. The normalized spacial score (nSPS) is 13.3. The van der Waals surface area contributed by atoms with Crippen LogP contribution in [0.5, 0.6) is 0 Å². The standard InChI is InChI=1S/2CH5AsO3/c1-5-2(3)4;1-2(3,4)5/h2H,1H3,(H,3,4);1H3,(H2,3,4,5). The molecule has 3 N–H and O–H groups in total. The van der Waals surface area contributed by atoms with Crippen LogP contribution in [0.4, 0.5) is 0 Å². The fourth-order valence-corrected chi connectivity index (χ4v) is 0. The van der Waals surface area contributed by atoms with E-state index in [0.717, 1.165) is 5.71 Å². The van der Waals surface area contributed by atoms with Crippen LogP contribution in [0.15, 0.2) is 0 Å². The molecule has 0 aliphatic heterocycles. The average molecular weight is 280 g/mol. The molecule has 0 saturated heterocycles. The molecule has 0 aliphatic rings. The van der Waals surface area contributed by atoms with Gasteiger partial charge in [-0.3, -0.25) is 0 Å². The molecule has 0 spiro atoms. The van der Waals surface area contributed by atoms with Crippen molar-refractivity contribution in [3.63, 3.8) is 0 Å². The summed E-state index contributed by atoms with van der Waals surface area (Å²) in [5.41, 5.74) is 0.915. The van der Waals surface area contributed by atoms with Gasteiger partial charge in [-0.2, -0.15) is 0 Å². The summed E-state index contributed by atoms with van der Waals surface area (Å²) in [6.07, 6.45) is 0. The van der Waals surface area contributed by atoms with E-state index in [1.807, 2.05) is 0 Å². The molecule has 0 amide bonds. The van der Waals surface area contributed by atoms with Crippen LogP contribution in [0, 0.1) is 0 Å². The van der Waals surface area contributed by atoms with Crippen molar-refractivity contribution in [1.29, 1.82) is 0 Å². The third-order valence-electron chi connectivity index (χ3n) is 0.175. The van der Waals surface area contributed by atoms with Gasteiger partial charge in [-0.05, 0) is 0 Å². The summed E-state index contributed by atoms with van der Waals surface area (Å²) in [5, 5.41) is 0. The summed E-state index contributed by atoms with van der Waals surface area (Å²) in [5.74, 6) is 0. The van der Waals surface area contributed by atoms with Gasteiger partial charge in [0.2, 0.25) is 0 Å². The molecule has 0 aliphatic carbocycles. The first kappa shape index (κ1) is 13.2. The van der Waals surface area contributed by atoms with Gasteiger partial charge in [-0.15, -0.1) is 0 Å². The van der Waals surface area contributed by atoms with Crippen molar-refractivity contribution in [2.75, 3.05) is 7.11 Å². The second-order valence-electron chi connectivity index (χ2n) is 1.31. The molecule has 0 rings (SSSR count). The zero-order chi connectivity index (χ0) is 8.78. The first-order chi connectivity index (χ1) is 4.27. The number of hydrogen-bond donors (Lipinski definition) is 3. The second kappa shape index (κ2) is 6.28. The number of rotatable bonds is 1. The van der Waals surface area contributed by atoms with Gasteiger partial charge in [0.05, 0.1) is 0 Å². The van der Waals surface area contributed by atoms with Gasteiger partial charge in [-0.25, -0.2) is 0 Å². The van der Waals surface area contributed by atoms with Gasteiger partial charge in [0.15, 0.2) is 0 Å². The van der Waals surface area contributed by atoms with E-state index in [9.17, 15) is 7.48 Å². The van der Waals surface area contributed by atoms with E-state index >= 15 is 0 Å². The molecule has 0 saturated carbocycles. The first-order valence-electron chi connectivity index (χ1n) is 2.07. The third kappa shape index (κ3) is 74.7. The molecule has 1 unspecified atom stereocenters. The van der Waals surface area contributed by atoms with Gasteiger partial charge >= 0.3 is 65.8 Å². The molecule has 0 aromatic carbocycles. The zero-order valence-corrected chi connectivity index (χ0v) is 9.49. The van der Waals surface area contributed by atoms with Crippen molar-refractivity contribution in [3.05, 3.63) is 0 Å². The van der Waals surface area contributed by atoms with Crippen molar-refractivity contribution in [3.8, 4) is 0 Å². The molecule has 1 atom stereocenters. The quantitative estimate of drug-likeness (QED) is 0.468. The average Bonchev–Trinajstić information content (AvgIpc) is 1.61. The van der Waals surface area contributed by atoms with Crippen LogP contribution in [0.1, 0.15) is 0 Å². The molecule has 0 radical (unpaired) electrons. The zero-order valence-electron chi connectivity index (χ0n) is 5.51. The minimum absolute atomic E-state index is 0.915. The molecule has 6 nitrogen and oxygen atoms in total. The minimum atomic E-state index is -4.12. The van der Waals surface area contributed by atoms with E-state index in [0.29, 0.717) is 0 Å². The topological polar surface area (TPSA) is 104 Å². The molecule has 64 valence electrons. The Morgan fingerprint density at radius 2 is 1.60 bits per heavy atom. The van der Waals surface area contributed by atoms with Crippen LogP contribution in [0.25, 0.3) is 0 Å². The van der Waals surface area contributed by atoms with Crippen molar-refractivity contribution < 1.29 is 23.5 Å². The maximum absolute atomic E-state index is 9.40. The Hall–Kier alpha value is 0.557. The van der Waals surface area contributed by atoms with Gasteiger partial charge < -0.3 is 0 Å². The van der Waals surface area contributed by atoms with Crippen LogP contribution in [-0.2, 0) is 11.2 Å². The number of hydrogen-bond acceptors (Lipinski definition) is 3. The van der Waals surface area contributed by atoms with Crippen molar-refractivity contribution >= 4 is 29.4 Å². The van der Waals surface area contributed by atoms with Crippen LogP contribution < -0.4 is 0 Å². The summed E-state index contributed by atoms with van der Waals surface area (Å²) in [6, 6.07) is 0. The predicted octanol–water partition coefficient (Wildman–Crippen LogP) is -2.26. The van der Waals surface area contributed by atoms with Crippen LogP contribution in [0.3, 0.4) is 0 Å². The van der Waals surface area contributed by atoms with Crippen molar-refractivity contribution in [2.24, 2.45) is 0 Å². The second-order valence-corrected chi connectivity index (χ2v) is 6.78.